The van der Waals surface area contributed by atoms with E-state index in [-0.39, 0.29) is 6.10 Å². The maximum atomic E-state index is 6.00. The van der Waals surface area contributed by atoms with E-state index in [1.165, 1.54) is 0 Å². The van der Waals surface area contributed by atoms with Crippen LogP contribution in [-0.4, -0.2) is 44.6 Å². The molecular weight excluding hydrogens is 294 g/mol. The van der Waals surface area contributed by atoms with Crippen LogP contribution in [0.3, 0.4) is 0 Å². The molecule has 0 radical (unpaired) electrons. The minimum atomic E-state index is 0.289. The van der Waals surface area contributed by atoms with Gasteiger partial charge in [0.25, 0.3) is 0 Å². The van der Waals surface area contributed by atoms with Gasteiger partial charge in [0.05, 0.1) is 5.69 Å². The molecule has 5 heteroatoms. The van der Waals surface area contributed by atoms with Crippen LogP contribution in [0.1, 0.15) is 12.1 Å². The van der Waals surface area contributed by atoms with Gasteiger partial charge in [-0.15, -0.1) is 11.8 Å². The first-order valence-electron chi connectivity index (χ1n) is 7.65. The van der Waals surface area contributed by atoms with E-state index in [0.717, 1.165) is 43.4 Å². The molecule has 2 aliphatic rings. The lowest BCUT2D eigenvalue weighted by Crippen LogP contribution is -2.58. The van der Waals surface area contributed by atoms with E-state index in [2.05, 4.69) is 38.8 Å². The van der Waals surface area contributed by atoms with Crippen LogP contribution >= 0.6 is 11.8 Å². The summed E-state index contributed by atoms with van der Waals surface area (Å²) in [6, 6.07) is 11.9. The van der Waals surface area contributed by atoms with Gasteiger partial charge in [-0.05, 0) is 18.2 Å². The third-order valence-electron chi connectivity index (χ3n) is 4.24. The van der Waals surface area contributed by atoms with Gasteiger partial charge >= 0.3 is 0 Å². The van der Waals surface area contributed by atoms with Crippen molar-refractivity contribution in [3.63, 3.8) is 0 Å². The molecule has 0 aliphatic carbocycles. The summed E-state index contributed by atoms with van der Waals surface area (Å²) in [7, 11) is 0. The molecule has 2 fully saturated rings. The maximum Gasteiger partial charge on any atom is 0.213 e. The fourth-order valence-electron chi connectivity index (χ4n) is 3.29. The van der Waals surface area contributed by atoms with Gasteiger partial charge in [-0.3, -0.25) is 9.88 Å². The highest BCUT2D eigenvalue weighted by Gasteiger charge is 2.49. The summed E-state index contributed by atoms with van der Waals surface area (Å²) in [5.74, 6) is 1.81. The molecule has 0 bridgehead atoms. The van der Waals surface area contributed by atoms with E-state index in [1.807, 2.05) is 30.5 Å². The second-order valence-corrected chi connectivity index (χ2v) is 7.56. The molecule has 2 aromatic heterocycles. The molecule has 2 aliphatic heterocycles. The SMILES string of the molecule is c1ccc(CN2CC3(C[C@H](Oc4ccccn4)CS3)C2)nc1. The number of hydrogen-bond acceptors (Lipinski definition) is 5. The molecule has 4 heterocycles. The largest absolute Gasteiger partial charge is 0.473 e. The number of aromatic nitrogens is 2. The van der Waals surface area contributed by atoms with Crippen LogP contribution in [0.15, 0.2) is 48.8 Å². The van der Waals surface area contributed by atoms with Gasteiger partial charge in [0.1, 0.15) is 6.10 Å². The highest BCUT2D eigenvalue weighted by molar-refractivity contribution is 8.01. The van der Waals surface area contributed by atoms with E-state index in [9.17, 15) is 0 Å². The predicted molar refractivity (Wildman–Crippen MR) is 88.0 cm³/mol. The number of pyridine rings is 2. The molecule has 0 N–H and O–H groups in total. The molecule has 1 atom stereocenters. The fraction of sp³-hybridized carbons (Fsp3) is 0.412. The van der Waals surface area contributed by atoms with Gasteiger partial charge in [-0.2, -0.15) is 0 Å². The van der Waals surface area contributed by atoms with Gasteiger partial charge in [0.15, 0.2) is 0 Å². The summed E-state index contributed by atoms with van der Waals surface area (Å²) in [5, 5.41) is 0. The molecule has 1 spiro atoms. The first-order chi connectivity index (χ1) is 10.8. The molecule has 4 rings (SSSR count). The Morgan fingerprint density at radius 1 is 1.14 bits per heavy atom. The Morgan fingerprint density at radius 3 is 2.68 bits per heavy atom. The average Bonchev–Trinajstić information content (AvgIpc) is 2.93. The number of hydrogen-bond donors (Lipinski definition) is 0. The zero-order valence-electron chi connectivity index (χ0n) is 12.4. The second-order valence-electron chi connectivity index (χ2n) is 6.07. The summed E-state index contributed by atoms with van der Waals surface area (Å²) in [4.78, 5) is 11.1. The lowest BCUT2D eigenvalue weighted by atomic mass is 9.93. The third kappa shape index (κ3) is 2.96. The molecular formula is C17H19N3OS. The normalized spacial score (nSPS) is 23.4. The minimum Gasteiger partial charge on any atom is -0.473 e. The van der Waals surface area contributed by atoms with Crippen molar-refractivity contribution in [2.45, 2.75) is 23.8 Å². The fourth-order valence-corrected chi connectivity index (χ4v) is 4.86. The lowest BCUT2D eigenvalue weighted by Gasteiger charge is -2.47. The number of ether oxygens (including phenoxy) is 1. The Bertz CT molecular complexity index is 616. The molecule has 114 valence electrons. The molecule has 22 heavy (non-hydrogen) atoms. The number of rotatable bonds is 4. The topological polar surface area (TPSA) is 38.2 Å². The van der Waals surface area contributed by atoms with Crippen molar-refractivity contribution in [3.8, 4) is 5.88 Å². The zero-order valence-corrected chi connectivity index (χ0v) is 13.2. The van der Waals surface area contributed by atoms with Crippen molar-refractivity contribution in [3.05, 3.63) is 54.5 Å². The van der Waals surface area contributed by atoms with Crippen LogP contribution < -0.4 is 4.74 Å². The van der Waals surface area contributed by atoms with E-state index >= 15 is 0 Å². The van der Waals surface area contributed by atoms with Crippen molar-refractivity contribution in [2.24, 2.45) is 0 Å². The van der Waals surface area contributed by atoms with Gasteiger partial charge in [-0.1, -0.05) is 12.1 Å². The smallest absolute Gasteiger partial charge is 0.213 e. The molecule has 0 aromatic carbocycles. The van der Waals surface area contributed by atoms with Crippen LogP contribution in [0.5, 0.6) is 5.88 Å². The first-order valence-corrected chi connectivity index (χ1v) is 8.64. The Hall–Kier alpha value is -1.59. The van der Waals surface area contributed by atoms with Crippen LogP contribution in [0, 0.1) is 0 Å². The maximum absolute atomic E-state index is 6.00. The predicted octanol–water partition coefficient (Wildman–Crippen LogP) is 2.62. The van der Waals surface area contributed by atoms with E-state index in [1.54, 1.807) is 6.20 Å². The molecule has 2 aromatic rings. The Kier molecular flexibility index (Phi) is 3.76. The van der Waals surface area contributed by atoms with Crippen molar-refractivity contribution in [2.75, 3.05) is 18.8 Å². The van der Waals surface area contributed by atoms with Crippen LogP contribution in [0.2, 0.25) is 0 Å². The summed E-state index contributed by atoms with van der Waals surface area (Å²) in [6.07, 6.45) is 5.06. The lowest BCUT2D eigenvalue weighted by molar-refractivity contribution is 0.0898. The third-order valence-corrected chi connectivity index (χ3v) is 5.81. The minimum absolute atomic E-state index is 0.289. The number of nitrogens with zero attached hydrogens (tertiary/aromatic N) is 3. The van der Waals surface area contributed by atoms with Crippen LogP contribution in [0.25, 0.3) is 0 Å². The van der Waals surface area contributed by atoms with Crippen LogP contribution in [-0.2, 0) is 6.54 Å². The molecule has 0 amide bonds. The summed E-state index contributed by atoms with van der Waals surface area (Å²) in [5.41, 5.74) is 1.15. The van der Waals surface area contributed by atoms with Crippen molar-refractivity contribution in [1.29, 1.82) is 0 Å². The quantitative estimate of drug-likeness (QED) is 0.867. The standard InChI is InChI=1S/C17H19N3OS/c1-3-7-18-14(5-1)10-20-12-17(13-20)9-15(11-22-17)21-16-6-2-4-8-19-16/h1-8,15H,9-13H2/t15-/m0/s1. The molecule has 0 saturated carbocycles. The Labute approximate surface area is 134 Å². The monoisotopic (exact) mass is 313 g/mol. The highest BCUT2D eigenvalue weighted by Crippen LogP contribution is 2.46. The molecule has 0 unspecified atom stereocenters. The summed E-state index contributed by atoms with van der Waals surface area (Å²) >= 11 is 2.06. The highest BCUT2D eigenvalue weighted by atomic mass is 32.2. The summed E-state index contributed by atoms with van der Waals surface area (Å²) < 4.78 is 6.38. The van der Waals surface area contributed by atoms with Crippen LogP contribution in [0.4, 0.5) is 0 Å². The Balaban J connectivity index is 1.29. The summed E-state index contributed by atoms with van der Waals surface area (Å²) in [6.45, 7) is 3.22. The average molecular weight is 313 g/mol. The Morgan fingerprint density at radius 2 is 1.95 bits per heavy atom. The van der Waals surface area contributed by atoms with Crippen molar-refractivity contribution >= 4 is 11.8 Å². The van der Waals surface area contributed by atoms with E-state index in [0.29, 0.717) is 4.75 Å². The van der Waals surface area contributed by atoms with Gasteiger partial charge in [0, 0.05) is 55.0 Å². The van der Waals surface area contributed by atoms with Crippen molar-refractivity contribution < 1.29 is 4.74 Å². The van der Waals surface area contributed by atoms with Gasteiger partial charge in [0.2, 0.25) is 5.88 Å². The van der Waals surface area contributed by atoms with Crippen molar-refractivity contribution in [1.82, 2.24) is 14.9 Å². The molecule has 4 nitrogen and oxygen atoms in total. The number of likely N-dealkylation sites (tertiary alicyclic amines) is 1. The van der Waals surface area contributed by atoms with Gasteiger partial charge in [-0.25, -0.2) is 4.98 Å². The van der Waals surface area contributed by atoms with E-state index < -0.39 is 0 Å². The van der Waals surface area contributed by atoms with Gasteiger partial charge < -0.3 is 4.74 Å². The zero-order chi connectivity index (χ0) is 14.8. The second kappa shape index (κ2) is 5.89. The number of thioether (sulfide) groups is 1. The first kappa shape index (κ1) is 14.0. The molecule has 2 saturated heterocycles. The van der Waals surface area contributed by atoms with E-state index in [4.69, 9.17) is 4.74 Å².